The van der Waals surface area contributed by atoms with Crippen LogP contribution in [-0.4, -0.2) is 81.0 Å². The number of piperazine rings is 1. The van der Waals surface area contributed by atoms with Gasteiger partial charge in [0, 0.05) is 57.9 Å². The molecule has 8 nitrogen and oxygen atoms in total. The molecule has 0 aromatic heterocycles. The minimum absolute atomic E-state index is 0.0462. The molecule has 1 N–H and O–H groups in total. The first-order valence-corrected chi connectivity index (χ1v) is 13.8. The van der Waals surface area contributed by atoms with Gasteiger partial charge in [0.05, 0.1) is 11.7 Å². The molecule has 0 bridgehead atoms. The molecule has 0 aliphatic carbocycles. The zero-order valence-corrected chi connectivity index (χ0v) is 21.0. The Morgan fingerprint density at radius 3 is 2.37 bits per heavy atom. The van der Waals surface area contributed by atoms with Crippen LogP contribution in [0.5, 0.6) is 0 Å². The van der Waals surface area contributed by atoms with E-state index in [1.807, 2.05) is 49.4 Å². The molecule has 2 aliphatic rings. The largest absolute Gasteiger partial charge is 0.355 e. The minimum Gasteiger partial charge on any atom is -0.355 e. The molecule has 1 atom stereocenters. The lowest BCUT2D eigenvalue weighted by atomic mass is 10.1. The van der Waals surface area contributed by atoms with Gasteiger partial charge in [-0.2, -0.15) is 4.31 Å². The van der Waals surface area contributed by atoms with E-state index in [1.54, 1.807) is 4.90 Å². The Morgan fingerprint density at radius 1 is 1.00 bits per heavy atom. The molecule has 2 amide bonds. The fourth-order valence-corrected chi connectivity index (χ4v) is 5.94. The summed E-state index contributed by atoms with van der Waals surface area (Å²) in [7, 11) is -3.45. The van der Waals surface area contributed by atoms with Crippen molar-refractivity contribution in [2.24, 2.45) is 5.92 Å². The maximum atomic E-state index is 12.8. The Balaban J connectivity index is 1.18. The highest BCUT2D eigenvalue weighted by atomic mass is 32.2. The standard InChI is InChI=1S/C26H34N4O4S/c1-21-7-9-24(10-8-21)30-20-23(19-25(30)31)26(32)27-12-18-35(33,34)29-16-14-28(15-17-29)13-11-22-5-3-2-4-6-22/h2-10,23H,11-20H2,1H3,(H,27,32). The van der Waals surface area contributed by atoms with Crippen LogP contribution in [-0.2, 0) is 26.0 Å². The molecule has 0 saturated carbocycles. The van der Waals surface area contributed by atoms with E-state index in [1.165, 1.54) is 9.87 Å². The van der Waals surface area contributed by atoms with Gasteiger partial charge in [-0.05, 0) is 31.0 Å². The molecule has 1 unspecified atom stereocenters. The van der Waals surface area contributed by atoms with Gasteiger partial charge in [0.2, 0.25) is 21.8 Å². The van der Waals surface area contributed by atoms with Crippen molar-refractivity contribution in [3.8, 4) is 0 Å². The minimum atomic E-state index is -3.45. The number of rotatable bonds is 9. The van der Waals surface area contributed by atoms with Crippen molar-refractivity contribution < 1.29 is 18.0 Å². The average Bonchev–Trinajstić information content (AvgIpc) is 3.25. The third-order valence-corrected chi connectivity index (χ3v) is 8.66. The number of nitrogens with one attached hydrogen (secondary N) is 1. The highest BCUT2D eigenvalue weighted by molar-refractivity contribution is 7.89. The van der Waals surface area contributed by atoms with Crippen molar-refractivity contribution >= 4 is 27.5 Å². The zero-order valence-electron chi connectivity index (χ0n) is 20.2. The molecule has 2 saturated heterocycles. The molecule has 2 aromatic carbocycles. The molecule has 2 aliphatic heterocycles. The van der Waals surface area contributed by atoms with Crippen molar-refractivity contribution in [2.45, 2.75) is 19.8 Å². The summed E-state index contributed by atoms with van der Waals surface area (Å²) in [4.78, 5) is 28.9. The second-order valence-electron chi connectivity index (χ2n) is 9.32. The van der Waals surface area contributed by atoms with Crippen LogP contribution >= 0.6 is 0 Å². The van der Waals surface area contributed by atoms with Crippen LogP contribution in [0.3, 0.4) is 0 Å². The normalized spacial score (nSPS) is 19.7. The fourth-order valence-electron chi connectivity index (χ4n) is 4.60. The van der Waals surface area contributed by atoms with E-state index < -0.39 is 15.9 Å². The number of carbonyl (C=O) groups excluding carboxylic acids is 2. The van der Waals surface area contributed by atoms with Gasteiger partial charge >= 0.3 is 0 Å². The summed E-state index contributed by atoms with van der Waals surface area (Å²) in [5, 5.41) is 2.73. The number of benzene rings is 2. The van der Waals surface area contributed by atoms with Gasteiger partial charge in [0.25, 0.3) is 0 Å². The SMILES string of the molecule is Cc1ccc(N2CC(C(=O)NCCS(=O)(=O)N3CCN(CCc4ccccc4)CC3)CC2=O)cc1. The molecule has 0 radical (unpaired) electrons. The van der Waals surface area contributed by atoms with Gasteiger partial charge in [-0.15, -0.1) is 0 Å². The summed E-state index contributed by atoms with van der Waals surface area (Å²) >= 11 is 0. The molecule has 9 heteroatoms. The summed E-state index contributed by atoms with van der Waals surface area (Å²) in [6, 6.07) is 17.9. The quantitative estimate of drug-likeness (QED) is 0.568. The monoisotopic (exact) mass is 498 g/mol. The van der Waals surface area contributed by atoms with E-state index in [0.717, 1.165) is 24.2 Å². The van der Waals surface area contributed by atoms with Gasteiger partial charge < -0.3 is 15.1 Å². The van der Waals surface area contributed by atoms with E-state index in [4.69, 9.17) is 0 Å². The number of anilines is 1. The van der Waals surface area contributed by atoms with Crippen LogP contribution in [0, 0.1) is 12.8 Å². The number of carbonyl (C=O) groups is 2. The lowest BCUT2D eigenvalue weighted by Crippen LogP contribution is -2.50. The molecule has 0 spiro atoms. The third-order valence-electron chi connectivity index (χ3n) is 6.78. The van der Waals surface area contributed by atoms with Gasteiger partial charge in [-0.3, -0.25) is 9.59 Å². The number of nitrogens with zero attached hydrogens (tertiary/aromatic N) is 3. The predicted molar refractivity (Wildman–Crippen MR) is 137 cm³/mol. The second kappa shape index (κ2) is 11.3. The van der Waals surface area contributed by atoms with E-state index >= 15 is 0 Å². The summed E-state index contributed by atoms with van der Waals surface area (Å²) < 4.78 is 27.1. The molecule has 4 rings (SSSR count). The zero-order chi connectivity index (χ0) is 24.8. The van der Waals surface area contributed by atoms with Gasteiger partial charge in [0.1, 0.15) is 0 Å². The number of hydrogen-bond donors (Lipinski definition) is 1. The maximum Gasteiger partial charge on any atom is 0.227 e. The number of sulfonamides is 1. The average molecular weight is 499 g/mol. The van der Waals surface area contributed by atoms with E-state index in [9.17, 15) is 18.0 Å². The Bertz CT molecular complexity index is 1110. The van der Waals surface area contributed by atoms with Crippen molar-refractivity contribution in [1.82, 2.24) is 14.5 Å². The van der Waals surface area contributed by atoms with Crippen LogP contribution in [0.4, 0.5) is 5.69 Å². The third kappa shape index (κ3) is 6.68. The number of amides is 2. The predicted octanol–water partition coefficient (Wildman–Crippen LogP) is 1.65. The van der Waals surface area contributed by atoms with Crippen molar-refractivity contribution in [3.05, 3.63) is 65.7 Å². The fraction of sp³-hybridized carbons (Fsp3) is 0.462. The van der Waals surface area contributed by atoms with Gasteiger partial charge in [-0.1, -0.05) is 48.0 Å². The highest BCUT2D eigenvalue weighted by Crippen LogP contribution is 2.25. The van der Waals surface area contributed by atoms with E-state index in [-0.39, 0.29) is 30.5 Å². The van der Waals surface area contributed by atoms with Gasteiger partial charge in [-0.25, -0.2) is 8.42 Å². The number of hydrogen-bond acceptors (Lipinski definition) is 5. The molecule has 188 valence electrons. The molecular weight excluding hydrogens is 464 g/mol. The molecule has 2 fully saturated rings. The number of aryl methyl sites for hydroxylation is 1. The second-order valence-corrected chi connectivity index (χ2v) is 11.4. The summed E-state index contributed by atoms with van der Waals surface area (Å²) in [5.74, 6) is -0.967. The van der Waals surface area contributed by atoms with Crippen LogP contribution in [0.2, 0.25) is 0 Å². The lowest BCUT2D eigenvalue weighted by Gasteiger charge is -2.34. The Morgan fingerprint density at radius 2 is 1.69 bits per heavy atom. The van der Waals surface area contributed by atoms with Crippen molar-refractivity contribution in [1.29, 1.82) is 0 Å². The lowest BCUT2D eigenvalue weighted by molar-refractivity contribution is -0.126. The van der Waals surface area contributed by atoms with Gasteiger partial charge in [0.15, 0.2) is 0 Å². The van der Waals surface area contributed by atoms with Crippen LogP contribution in [0.1, 0.15) is 17.5 Å². The topological polar surface area (TPSA) is 90.0 Å². The van der Waals surface area contributed by atoms with Crippen molar-refractivity contribution in [3.63, 3.8) is 0 Å². The van der Waals surface area contributed by atoms with Crippen LogP contribution in [0.25, 0.3) is 0 Å². The Kier molecular flexibility index (Phi) is 8.20. The summed E-state index contributed by atoms with van der Waals surface area (Å²) in [6.07, 6.45) is 1.09. The van der Waals surface area contributed by atoms with Crippen LogP contribution in [0.15, 0.2) is 54.6 Å². The highest BCUT2D eigenvalue weighted by Gasteiger charge is 2.35. The summed E-state index contributed by atoms with van der Waals surface area (Å²) in [6.45, 7) is 5.59. The Labute approximate surface area is 207 Å². The first-order chi connectivity index (χ1) is 16.8. The van der Waals surface area contributed by atoms with Crippen molar-refractivity contribution in [2.75, 3.05) is 56.5 Å². The molecule has 2 heterocycles. The summed E-state index contributed by atoms with van der Waals surface area (Å²) in [5.41, 5.74) is 3.16. The maximum absolute atomic E-state index is 12.8. The first-order valence-electron chi connectivity index (χ1n) is 12.2. The van der Waals surface area contributed by atoms with E-state index in [2.05, 4.69) is 22.3 Å². The smallest absolute Gasteiger partial charge is 0.227 e. The van der Waals surface area contributed by atoms with E-state index in [0.29, 0.717) is 32.7 Å². The first kappa shape index (κ1) is 25.3. The Hall–Kier alpha value is -2.75. The molecule has 35 heavy (non-hydrogen) atoms. The molecular formula is C26H34N4O4S. The molecule has 2 aromatic rings. The van der Waals surface area contributed by atoms with Crippen LogP contribution < -0.4 is 10.2 Å².